The van der Waals surface area contributed by atoms with Gasteiger partial charge < -0.3 is 4.98 Å². The lowest BCUT2D eigenvalue weighted by Gasteiger charge is -2.25. The van der Waals surface area contributed by atoms with Crippen LogP contribution >= 0.6 is 0 Å². The molecule has 0 radical (unpaired) electrons. The first-order valence-electron chi connectivity index (χ1n) is 11.9. The summed E-state index contributed by atoms with van der Waals surface area (Å²) in [5.41, 5.74) is 10.4. The number of amides is 1. The number of carbonyl (C=O) groups is 1. The molecule has 0 aliphatic carbocycles. The molecule has 5 aromatic rings. The lowest BCUT2D eigenvalue weighted by molar-refractivity contribution is -0.121. The van der Waals surface area contributed by atoms with E-state index in [-0.39, 0.29) is 5.91 Å². The molecule has 5 heteroatoms. The van der Waals surface area contributed by atoms with E-state index in [1.54, 1.807) is 0 Å². The van der Waals surface area contributed by atoms with Crippen LogP contribution in [-0.4, -0.2) is 15.9 Å². The molecule has 0 atom stereocenters. The molecule has 174 valence electrons. The molecule has 2 N–H and O–H groups in total. The Labute approximate surface area is 205 Å². The number of aromatic nitrogens is 2. The van der Waals surface area contributed by atoms with E-state index in [4.69, 9.17) is 0 Å². The zero-order chi connectivity index (χ0) is 24.0. The van der Waals surface area contributed by atoms with Gasteiger partial charge in [-0.3, -0.25) is 20.2 Å². The summed E-state index contributed by atoms with van der Waals surface area (Å²) in [6, 6.07) is 32.1. The molecule has 0 bridgehead atoms. The number of pyridine rings is 1. The number of para-hydroxylation sites is 2. The Hall–Kier alpha value is -4.38. The number of hydrazine groups is 1. The summed E-state index contributed by atoms with van der Waals surface area (Å²) < 4.78 is 0. The van der Waals surface area contributed by atoms with Gasteiger partial charge in [-0.1, -0.05) is 54.1 Å². The number of nitrogens with zero attached hydrogens (tertiary/aromatic N) is 2. The van der Waals surface area contributed by atoms with Gasteiger partial charge >= 0.3 is 0 Å². The zero-order valence-electron chi connectivity index (χ0n) is 19.7. The minimum atomic E-state index is -0.0203. The number of hydrogen-bond acceptors (Lipinski definition) is 3. The molecule has 5 nitrogen and oxygen atoms in total. The number of fused-ring (bicyclic) bond motifs is 1. The Morgan fingerprint density at radius 2 is 1.57 bits per heavy atom. The van der Waals surface area contributed by atoms with Crippen LogP contribution in [0.3, 0.4) is 0 Å². The number of aryl methyl sites for hydroxylation is 2. The topological polar surface area (TPSA) is 61.0 Å². The molecule has 2 heterocycles. The molecule has 0 aliphatic heterocycles. The molecule has 0 unspecified atom stereocenters. The number of aromatic amines is 1. The molecular formula is C30H28N4O. The van der Waals surface area contributed by atoms with Crippen molar-refractivity contribution in [2.75, 3.05) is 5.01 Å². The Balaban J connectivity index is 1.34. The number of H-pyrrole nitrogens is 1. The Morgan fingerprint density at radius 3 is 2.23 bits per heavy atom. The Kier molecular flexibility index (Phi) is 6.57. The highest BCUT2D eigenvalue weighted by Crippen LogP contribution is 2.31. The van der Waals surface area contributed by atoms with Gasteiger partial charge in [0.2, 0.25) is 5.91 Å². The van der Waals surface area contributed by atoms with E-state index < -0.39 is 0 Å². The molecule has 0 saturated carbocycles. The largest absolute Gasteiger partial charge is 0.353 e. The lowest BCUT2D eigenvalue weighted by Crippen LogP contribution is -2.38. The van der Waals surface area contributed by atoms with Crippen LogP contribution in [0.15, 0.2) is 103 Å². The standard InChI is InChI=1S/C30H28N4O/c1-22-18-19-27-26(21-22)25(30(32-27)28-16-8-9-20-31-28)15-10-17-29(35)33-34(23-11-4-2-5-12-23)24-13-6-3-7-14-24/h2-9,11-14,16,18-21,32H,10,15,17H2,1H3,(H,33,35). The molecular weight excluding hydrogens is 432 g/mol. The second-order valence-electron chi connectivity index (χ2n) is 8.64. The van der Waals surface area contributed by atoms with Crippen molar-refractivity contribution in [3.05, 3.63) is 114 Å². The minimum Gasteiger partial charge on any atom is -0.353 e. The van der Waals surface area contributed by atoms with E-state index in [9.17, 15) is 4.79 Å². The highest BCUT2D eigenvalue weighted by molar-refractivity contribution is 5.91. The maximum Gasteiger partial charge on any atom is 0.238 e. The molecule has 5 rings (SSSR count). The van der Waals surface area contributed by atoms with E-state index in [1.807, 2.05) is 90.1 Å². The second kappa shape index (κ2) is 10.3. The van der Waals surface area contributed by atoms with Crippen LogP contribution in [0.2, 0.25) is 0 Å². The molecule has 35 heavy (non-hydrogen) atoms. The summed E-state index contributed by atoms with van der Waals surface area (Å²) >= 11 is 0. The number of rotatable bonds is 8. The van der Waals surface area contributed by atoms with Crippen LogP contribution in [0.4, 0.5) is 11.4 Å². The summed E-state index contributed by atoms with van der Waals surface area (Å²) in [7, 11) is 0. The maximum atomic E-state index is 13.0. The summed E-state index contributed by atoms with van der Waals surface area (Å²) in [5, 5.41) is 3.04. The van der Waals surface area contributed by atoms with Gasteiger partial charge in [-0.25, -0.2) is 0 Å². The van der Waals surface area contributed by atoms with Crippen LogP contribution in [0, 0.1) is 6.92 Å². The van der Waals surface area contributed by atoms with Crippen LogP contribution in [-0.2, 0) is 11.2 Å². The number of anilines is 2. The lowest BCUT2D eigenvalue weighted by atomic mass is 10.0. The van der Waals surface area contributed by atoms with E-state index in [1.165, 1.54) is 16.5 Å². The van der Waals surface area contributed by atoms with Gasteiger partial charge in [0.1, 0.15) is 0 Å². The molecule has 3 aromatic carbocycles. The number of carbonyl (C=O) groups excluding carboxylic acids is 1. The summed E-state index contributed by atoms with van der Waals surface area (Å²) in [4.78, 5) is 21.1. The van der Waals surface area contributed by atoms with Gasteiger partial charge in [0.25, 0.3) is 0 Å². The van der Waals surface area contributed by atoms with Crippen LogP contribution < -0.4 is 10.4 Å². The van der Waals surface area contributed by atoms with Gasteiger partial charge in [0.15, 0.2) is 0 Å². The average Bonchev–Trinajstić information content (AvgIpc) is 3.26. The summed E-state index contributed by atoms with van der Waals surface area (Å²) in [6.45, 7) is 2.10. The quantitative estimate of drug-likeness (QED) is 0.252. The molecule has 0 saturated heterocycles. The van der Waals surface area contributed by atoms with Crippen molar-refractivity contribution >= 4 is 28.2 Å². The third-order valence-electron chi connectivity index (χ3n) is 6.08. The van der Waals surface area contributed by atoms with Crippen molar-refractivity contribution < 1.29 is 4.79 Å². The first-order chi connectivity index (χ1) is 17.2. The summed E-state index contributed by atoms with van der Waals surface area (Å²) in [5.74, 6) is -0.0203. The van der Waals surface area contributed by atoms with Crippen LogP contribution in [0.1, 0.15) is 24.0 Å². The fourth-order valence-corrected chi connectivity index (χ4v) is 4.39. The highest BCUT2D eigenvalue weighted by Gasteiger charge is 2.16. The fourth-order valence-electron chi connectivity index (χ4n) is 4.39. The van der Waals surface area contributed by atoms with Crippen molar-refractivity contribution in [1.29, 1.82) is 0 Å². The van der Waals surface area contributed by atoms with Crippen LogP contribution in [0.5, 0.6) is 0 Å². The monoisotopic (exact) mass is 460 g/mol. The number of nitrogens with one attached hydrogen (secondary N) is 2. The van der Waals surface area contributed by atoms with Crippen molar-refractivity contribution in [2.24, 2.45) is 0 Å². The average molecular weight is 461 g/mol. The maximum absolute atomic E-state index is 13.0. The first kappa shape index (κ1) is 22.4. The first-order valence-corrected chi connectivity index (χ1v) is 11.9. The second-order valence-corrected chi connectivity index (χ2v) is 8.64. The molecule has 0 aliphatic rings. The van der Waals surface area contributed by atoms with Gasteiger partial charge in [0.05, 0.1) is 22.8 Å². The van der Waals surface area contributed by atoms with Crippen LogP contribution in [0.25, 0.3) is 22.3 Å². The third kappa shape index (κ3) is 5.09. The van der Waals surface area contributed by atoms with Gasteiger partial charge in [-0.05, 0) is 73.9 Å². The zero-order valence-corrected chi connectivity index (χ0v) is 19.7. The number of benzene rings is 3. The predicted molar refractivity (Wildman–Crippen MR) is 142 cm³/mol. The highest BCUT2D eigenvalue weighted by atomic mass is 16.2. The predicted octanol–water partition coefficient (Wildman–Crippen LogP) is 6.73. The smallest absolute Gasteiger partial charge is 0.238 e. The molecule has 1 amide bonds. The normalized spacial score (nSPS) is 10.9. The van der Waals surface area contributed by atoms with E-state index in [2.05, 4.69) is 40.5 Å². The van der Waals surface area contributed by atoms with E-state index >= 15 is 0 Å². The molecule has 2 aromatic heterocycles. The molecule has 0 spiro atoms. The summed E-state index contributed by atoms with van der Waals surface area (Å²) in [6.07, 6.45) is 3.73. The number of hydrogen-bond donors (Lipinski definition) is 2. The third-order valence-corrected chi connectivity index (χ3v) is 6.08. The fraction of sp³-hybridized carbons (Fsp3) is 0.133. The van der Waals surface area contributed by atoms with Gasteiger partial charge in [0, 0.05) is 23.5 Å². The van der Waals surface area contributed by atoms with Gasteiger partial charge in [-0.15, -0.1) is 0 Å². The SMILES string of the molecule is Cc1ccc2[nH]c(-c3ccccn3)c(CCCC(=O)NN(c3ccccc3)c3ccccc3)c2c1. The van der Waals surface area contributed by atoms with Crippen molar-refractivity contribution in [1.82, 2.24) is 15.4 Å². The molecule has 0 fully saturated rings. The van der Waals surface area contributed by atoms with Gasteiger partial charge in [-0.2, -0.15) is 0 Å². The van der Waals surface area contributed by atoms with Crippen molar-refractivity contribution in [3.63, 3.8) is 0 Å². The van der Waals surface area contributed by atoms with Crippen molar-refractivity contribution in [2.45, 2.75) is 26.2 Å². The van der Waals surface area contributed by atoms with E-state index in [0.29, 0.717) is 6.42 Å². The Morgan fingerprint density at radius 1 is 0.886 bits per heavy atom. The minimum absolute atomic E-state index is 0.0203. The van der Waals surface area contributed by atoms with Crippen molar-refractivity contribution in [3.8, 4) is 11.4 Å². The Bertz CT molecular complexity index is 1370. The van der Waals surface area contributed by atoms with E-state index in [0.717, 1.165) is 41.1 Å².